The van der Waals surface area contributed by atoms with Gasteiger partial charge in [0.15, 0.2) is 6.29 Å². The van der Waals surface area contributed by atoms with Crippen molar-refractivity contribution in [2.45, 2.75) is 19.8 Å². The zero-order valence-corrected chi connectivity index (χ0v) is 10.4. The minimum atomic E-state index is -0.0826. The number of rotatable bonds is 6. The summed E-state index contributed by atoms with van der Waals surface area (Å²) in [6, 6.07) is 10.1. The van der Waals surface area contributed by atoms with Crippen molar-refractivity contribution in [2.75, 3.05) is 11.0 Å². The maximum atomic E-state index is 5.59. The van der Waals surface area contributed by atoms with Crippen molar-refractivity contribution in [3.8, 4) is 0 Å². The lowest BCUT2D eigenvalue weighted by Crippen LogP contribution is -2.18. The average Bonchev–Trinajstić information content (AvgIpc) is 2.25. The summed E-state index contributed by atoms with van der Waals surface area (Å²) in [7, 11) is 0. The molecule has 3 heteroatoms. The Bertz CT molecular complexity index is 238. The summed E-state index contributed by atoms with van der Waals surface area (Å²) in [6.45, 7) is 3.29. The zero-order valence-electron chi connectivity index (χ0n) is 8.28. The van der Waals surface area contributed by atoms with Gasteiger partial charge in [0.2, 0.25) is 0 Å². The molecule has 0 N–H and O–H groups in total. The van der Waals surface area contributed by atoms with Gasteiger partial charge in [-0.2, -0.15) is 0 Å². The van der Waals surface area contributed by atoms with E-state index in [0.717, 1.165) is 4.43 Å². The van der Waals surface area contributed by atoms with Gasteiger partial charge in [0.25, 0.3) is 0 Å². The number of benzene rings is 1. The molecule has 0 amide bonds. The summed E-state index contributed by atoms with van der Waals surface area (Å²) >= 11 is 2.27. The highest BCUT2D eigenvalue weighted by molar-refractivity contribution is 14.1. The van der Waals surface area contributed by atoms with E-state index < -0.39 is 0 Å². The molecule has 0 fully saturated rings. The van der Waals surface area contributed by atoms with Crippen LogP contribution in [0.25, 0.3) is 0 Å². The largest absolute Gasteiger partial charge is 0.352 e. The van der Waals surface area contributed by atoms with E-state index in [-0.39, 0.29) is 6.29 Å². The van der Waals surface area contributed by atoms with Crippen LogP contribution in [0.15, 0.2) is 30.3 Å². The molecule has 78 valence electrons. The molecular formula is C11H15IO2. The molecule has 0 bridgehead atoms. The minimum Gasteiger partial charge on any atom is -0.352 e. The first kappa shape index (κ1) is 11.9. The molecular weight excluding hydrogens is 291 g/mol. The third-order valence-corrected chi connectivity index (χ3v) is 2.48. The monoisotopic (exact) mass is 306 g/mol. The van der Waals surface area contributed by atoms with Gasteiger partial charge in [-0.1, -0.05) is 52.9 Å². The average molecular weight is 306 g/mol. The summed E-state index contributed by atoms with van der Waals surface area (Å²) in [5.41, 5.74) is 1.18. The van der Waals surface area contributed by atoms with Crippen LogP contribution in [-0.4, -0.2) is 17.3 Å². The van der Waals surface area contributed by atoms with Gasteiger partial charge in [0.1, 0.15) is 0 Å². The number of alkyl halides is 1. The molecule has 1 aromatic rings. The van der Waals surface area contributed by atoms with E-state index in [1.54, 1.807) is 0 Å². The smallest absolute Gasteiger partial charge is 0.166 e. The fourth-order valence-corrected chi connectivity index (χ4v) is 1.60. The van der Waals surface area contributed by atoms with Gasteiger partial charge in [0, 0.05) is 6.61 Å². The Morgan fingerprint density at radius 2 is 1.93 bits per heavy atom. The molecule has 0 saturated carbocycles. The Hall–Kier alpha value is -0.130. The van der Waals surface area contributed by atoms with Crippen molar-refractivity contribution in [3.63, 3.8) is 0 Å². The Morgan fingerprint density at radius 3 is 2.50 bits per heavy atom. The van der Waals surface area contributed by atoms with Gasteiger partial charge in [-0.3, -0.25) is 0 Å². The molecule has 0 saturated heterocycles. The Morgan fingerprint density at radius 1 is 1.21 bits per heavy atom. The summed E-state index contributed by atoms with van der Waals surface area (Å²) in [5, 5.41) is 0. The topological polar surface area (TPSA) is 18.5 Å². The molecule has 14 heavy (non-hydrogen) atoms. The van der Waals surface area contributed by atoms with Crippen LogP contribution in [0.4, 0.5) is 0 Å². The molecule has 1 rings (SSSR count). The van der Waals surface area contributed by atoms with E-state index in [1.807, 2.05) is 25.1 Å². The fourth-order valence-electron chi connectivity index (χ4n) is 1.09. The van der Waals surface area contributed by atoms with E-state index in [9.17, 15) is 0 Å². The van der Waals surface area contributed by atoms with Gasteiger partial charge in [-0.25, -0.2) is 0 Å². The molecule has 0 radical (unpaired) electrons. The quantitative estimate of drug-likeness (QED) is 0.457. The third-order valence-electron chi connectivity index (χ3n) is 1.76. The maximum Gasteiger partial charge on any atom is 0.166 e. The van der Waals surface area contributed by atoms with Crippen LogP contribution >= 0.6 is 22.6 Å². The molecule has 1 unspecified atom stereocenters. The van der Waals surface area contributed by atoms with Crippen LogP contribution in [0.3, 0.4) is 0 Å². The Balaban J connectivity index is 2.32. The van der Waals surface area contributed by atoms with Crippen molar-refractivity contribution < 1.29 is 9.47 Å². The summed E-state index contributed by atoms with van der Waals surface area (Å²) in [4.78, 5) is 0. The van der Waals surface area contributed by atoms with Gasteiger partial charge in [-0.15, -0.1) is 0 Å². The summed E-state index contributed by atoms with van der Waals surface area (Å²) < 4.78 is 11.8. The number of hydrogen-bond acceptors (Lipinski definition) is 2. The normalized spacial score (nSPS) is 12.7. The highest BCUT2D eigenvalue weighted by Crippen LogP contribution is 2.06. The number of ether oxygens (including phenoxy) is 2. The minimum absolute atomic E-state index is 0.0826. The molecule has 0 spiro atoms. The number of hydrogen-bond donors (Lipinski definition) is 0. The predicted molar refractivity (Wildman–Crippen MR) is 65.5 cm³/mol. The van der Waals surface area contributed by atoms with Crippen molar-refractivity contribution in [3.05, 3.63) is 35.9 Å². The fraction of sp³-hybridized carbons (Fsp3) is 0.455. The first-order valence-electron chi connectivity index (χ1n) is 4.70. The number of halogens is 1. The molecule has 0 heterocycles. The van der Waals surface area contributed by atoms with Crippen molar-refractivity contribution in [1.82, 2.24) is 0 Å². The maximum absolute atomic E-state index is 5.59. The van der Waals surface area contributed by atoms with E-state index in [2.05, 4.69) is 34.7 Å². The van der Waals surface area contributed by atoms with Crippen LogP contribution in [0, 0.1) is 0 Å². The first-order valence-corrected chi connectivity index (χ1v) is 6.22. The van der Waals surface area contributed by atoms with E-state index in [0.29, 0.717) is 13.2 Å². The molecule has 0 aliphatic rings. The lowest BCUT2D eigenvalue weighted by molar-refractivity contribution is -0.129. The third kappa shape index (κ3) is 4.39. The molecule has 0 aliphatic heterocycles. The van der Waals surface area contributed by atoms with Gasteiger partial charge in [-0.05, 0) is 12.5 Å². The Labute approximate surface area is 98.7 Å². The van der Waals surface area contributed by atoms with Crippen LogP contribution in [-0.2, 0) is 16.1 Å². The Kier molecular flexibility index (Phi) is 6.14. The van der Waals surface area contributed by atoms with E-state index in [1.165, 1.54) is 5.56 Å². The van der Waals surface area contributed by atoms with Crippen LogP contribution < -0.4 is 0 Å². The second-order valence-electron chi connectivity index (χ2n) is 2.84. The second-order valence-corrected chi connectivity index (χ2v) is 3.72. The highest BCUT2D eigenvalue weighted by atomic mass is 127. The second kappa shape index (κ2) is 7.20. The first-order chi connectivity index (χ1) is 6.86. The highest BCUT2D eigenvalue weighted by Gasteiger charge is 2.05. The van der Waals surface area contributed by atoms with E-state index >= 15 is 0 Å². The molecule has 0 aliphatic carbocycles. The van der Waals surface area contributed by atoms with Gasteiger partial charge >= 0.3 is 0 Å². The molecule has 0 aromatic heterocycles. The van der Waals surface area contributed by atoms with E-state index in [4.69, 9.17) is 9.47 Å². The predicted octanol–water partition coefficient (Wildman–Crippen LogP) is 3.00. The lowest BCUT2D eigenvalue weighted by atomic mass is 10.2. The van der Waals surface area contributed by atoms with Crippen LogP contribution in [0.2, 0.25) is 0 Å². The van der Waals surface area contributed by atoms with Gasteiger partial charge in [0.05, 0.1) is 11.0 Å². The molecule has 1 atom stereocenters. The summed E-state index contributed by atoms with van der Waals surface area (Å²) in [6.07, 6.45) is -0.0826. The standard InChI is InChI=1S/C11H15IO2/c1-2-13-11(8-12)14-9-10-6-4-3-5-7-10/h3-7,11H,2,8-9H2,1H3. The SMILES string of the molecule is CCOC(CI)OCc1ccccc1. The van der Waals surface area contributed by atoms with Crippen LogP contribution in [0.5, 0.6) is 0 Å². The lowest BCUT2D eigenvalue weighted by Gasteiger charge is -2.14. The van der Waals surface area contributed by atoms with Crippen molar-refractivity contribution in [1.29, 1.82) is 0 Å². The van der Waals surface area contributed by atoms with Crippen molar-refractivity contribution >= 4 is 22.6 Å². The van der Waals surface area contributed by atoms with Crippen molar-refractivity contribution in [2.24, 2.45) is 0 Å². The van der Waals surface area contributed by atoms with Gasteiger partial charge < -0.3 is 9.47 Å². The zero-order chi connectivity index (χ0) is 10.2. The van der Waals surface area contributed by atoms with Crippen LogP contribution in [0.1, 0.15) is 12.5 Å². The summed E-state index contributed by atoms with van der Waals surface area (Å²) in [5.74, 6) is 0. The molecule has 2 nitrogen and oxygen atoms in total. The molecule has 1 aromatic carbocycles.